The van der Waals surface area contributed by atoms with Crippen LogP contribution in [0.2, 0.25) is 0 Å². The van der Waals surface area contributed by atoms with Gasteiger partial charge in [-0.2, -0.15) is 8.78 Å². The maximum Gasteiger partial charge on any atom is 0.387 e. The molecule has 0 saturated heterocycles. The summed E-state index contributed by atoms with van der Waals surface area (Å²) in [6.07, 6.45) is 1.77. The number of para-hydroxylation sites is 1. The van der Waals surface area contributed by atoms with Crippen LogP contribution in [0.4, 0.5) is 8.78 Å². The quantitative estimate of drug-likeness (QED) is 0.245. The molecule has 1 aromatic heterocycles. The number of fused-ring (bicyclic) bond motifs is 1. The number of nitrogens with zero attached hydrogens (tertiary/aromatic N) is 2. The second-order valence-electron chi connectivity index (χ2n) is 6.39. The van der Waals surface area contributed by atoms with Gasteiger partial charge in [-0.05, 0) is 42.8 Å². The molecule has 0 amide bonds. The van der Waals surface area contributed by atoms with E-state index in [1.54, 1.807) is 18.3 Å². The van der Waals surface area contributed by atoms with Gasteiger partial charge in [0.2, 0.25) is 0 Å². The fraction of sp³-hybridized carbons (Fsp3) is 0.273. The third-order valence-corrected chi connectivity index (χ3v) is 4.42. The lowest BCUT2D eigenvalue weighted by Gasteiger charge is -2.14. The minimum Gasteiger partial charge on any atom is -0.497 e. The lowest BCUT2D eigenvalue weighted by Crippen LogP contribution is -2.36. The summed E-state index contributed by atoms with van der Waals surface area (Å²) in [6.45, 7) is 0.378. The molecule has 9 heteroatoms. The molecule has 0 fully saturated rings. The van der Waals surface area contributed by atoms with E-state index in [-0.39, 0.29) is 36.3 Å². The Bertz CT molecular complexity index is 1010. The Labute approximate surface area is 197 Å². The van der Waals surface area contributed by atoms with E-state index in [0.717, 1.165) is 16.5 Å². The molecule has 3 aromatic rings. The molecule has 166 valence electrons. The molecule has 0 aliphatic rings. The molecule has 6 nitrogen and oxygen atoms in total. The van der Waals surface area contributed by atoms with E-state index in [4.69, 9.17) is 4.74 Å². The van der Waals surface area contributed by atoms with Crippen LogP contribution in [-0.4, -0.2) is 31.2 Å². The number of guanidine groups is 1. The maximum atomic E-state index is 12.7. The van der Waals surface area contributed by atoms with Crippen molar-refractivity contribution in [1.82, 2.24) is 15.6 Å². The third kappa shape index (κ3) is 6.91. The van der Waals surface area contributed by atoms with Gasteiger partial charge in [0.05, 0.1) is 19.2 Å². The number of aromatic nitrogens is 1. The lowest BCUT2D eigenvalue weighted by molar-refractivity contribution is -0.0504. The van der Waals surface area contributed by atoms with Gasteiger partial charge < -0.3 is 20.1 Å². The molecule has 0 spiro atoms. The predicted molar refractivity (Wildman–Crippen MR) is 128 cm³/mol. The first-order valence-electron chi connectivity index (χ1n) is 9.57. The number of alkyl halides is 2. The van der Waals surface area contributed by atoms with Crippen LogP contribution in [0.5, 0.6) is 11.5 Å². The highest BCUT2D eigenvalue weighted by atomic mass is 127. The van der Waals surface area contributed by atoms with Gasteiger partial charge in [-0.25, -0.2) is 4.99 Å². The Morgan fingerprint density at radius 3 is 2.65 bits per heavy atom. The first kappa shape index (κ1) is 24.6. The number of hydrogen-bond acceptors (Lipinski definition) is 4. The minimum atomic E-state index is -2.91. The Balaban J connectivity index is 0.00000341. The highest BCUT2D eigenvalue weighted by Crippen LogP contribution is 2.26. The monoisotopic (exact) mass is 542 g/mol. The zero-order chi connectivity index (χ0) is 21.3. The van der Waals surface area contributed by atoms with Crippen molar-refractivity contribution in [2.75, 3.05) is 13.7 Å². The van der Waals surface area contributed by atoms with E-state index in [0.29, 0.717) is 30.4 Å². The second-order valence-corrected chi connectivity index (χ2v) is 6.39. The van der Waals surface area contributed by atoms with Crippen LogP contribution in [0.25, 0.3) is 10.9 Å². The summed E-state index contributed by atoms with van der Waals surface area (Å²) in [4.78, 5) is 8.89. The summed E-state index contributed by atoms with van der Waals surface area (Å²) in [7, 11) is 1.51. The minimum absolute atomic E-state index is 0. The number of nitrogens with one attached hydrogen (secondary N) is 2. The fourth-order valence-corrected chi connectivity index (χ4v) is 3.01. The van der Waals surface area contributed by atoms with Crippen molar-refractivity contribution < 1.29 is 18.3 Å². The zero-order valence-electron chi connectivity index (χ0n) is 17.3. The SMILES string of the molecule is CCNC(=NCc1cc(OC)ccc1OC(F)F)NCc1ccnc2ccccc12.I. The van der Waals surface area contributed by atoms with Crippen molar-refractivity contribution in [2.24, 2.45) is 4.99 Å². The van der Waals surface area contributed by atoms with E-state index in [2.05, 4.69) is 25.3 Å². The molecule has 2 N–H and O–H groups in total. The predicted octanol–water partition coefficient (Wildman–Crippen LogP) is 4.72. The number of hydrogen-bond donors (Lipinski definition) is 2. The average molecular weight is 542 g/mol. The normalized spacial score (nSPS) is 11.2. The number of pyridine rings is 1. The topological polar surface area (TPSA) is 67.8 Å². The molecule has 31 heavy (non-hydrogen) atoms. The molecule has 0 atom stereocenters. The van der Waals surface area contributed by atoms with Crippen LogP contribution in [0.15, 0.2) is 59.7 Å². The van der Waals surface area contributed by atoms with E-state index in [1.807, 2.05) is 37.3 Å². The summed E-state index contributed by atoms with van der Waals surface area (Å²) in [5.74, 6) is 1.18. The van der Waals surface area contributed by atoms with Gasteiger partial charge in [-0.1, -0.05) is 18.2 Å². The summed E-state index contributed by atoms with van der Waals surface area (Å²) >= 11 is 0. The van der Waals surface area contributed by atoms with Gasteiger partial charge >= 0.3 is 6.61 Å². The van der Waals surface area contributed by atoms with E-state index in [9.17, 15) is 8.78 Å². The van der Waals surface area contributed by atoms with Crippen molar-refractivity contribution in [3.63, 3.8) is 0 Å². The molecule has 0 aliphatic heterocycles. The summed E-state index contributed by atoms with van der Waals surface area (Å²) in [5, 5.41) is 7.50. The number of ether oxygens (including phenoxy) is 2. The van der Waals surface area contributed by atoms with Crippen molar-refractivity contribution in [1.29, 1.82) is 0 Å². The fourth-order valence-electron chi connectivity index (χ4n) is 3.01. The van der Waals surface area contributed by atoms with Gasteiger partial charge in [0, 0.05) is 30.2 Å². The van der Waals surface area contributed by atoms with E-state index >= 15 is 0 Å². The highest BCUT2D eigenvalue weighted by molar-refractivity contribution is 14.0. The molecule has 0 bridgehead atoms. The number of rotatable bonds is 8. The van der Waals surface area contributed by atoms with Gasteiger partial charge in [0.1, 0.15) is 11.5 Å². The highest BCUT2D eigenvalue weighted by Gasteiger charge is 2.11. The van der Waals surface area contributed by atoms with Crippen LogP contribution in [0, 0.1) is 0 Å². The number of methoxy groups -OCH3 is 1. The molecule has 0 saturated carbocycles. The summed E-state index contributed by atoms with van der Waals surface area (Å²) in [5.41, 5.74) is 2.50. The second kappa shape index (κ2) is 12.2. The summed E-state index contributed by atoms with van der Waals surface area (Å²) in [6, 6.07) is 14.5. The first-order valence-corrected chi connectivity index (χ1v) is 9.57. The molecular formula is C22H25F2IN4O2. The molecule has 0 unspecified atom stereocenters. The van der Waals surface area contributed by atoms with Crippen LogP contribution in [-0.2, 0) is 13.1 Å². The van der Waals surface area contributed by atoms with Crippen LogP contribution in [0.1, 0.15) is 18.1 Å². The summed E-state index contributed by atoms with van der Waals surface area (Å²) < 4.78 is 35.2. The van der Waals surface area contributed by atoms with Gasteiger partial charge in [0.25, 0.3) is 0 Å². The first-order chi connectivity index (χ1) is 14.6. The molecular weight excluding hydrogens is 517 g/mol. The standard InChI is InChI=1S/C22H24F2N4O2.HI/c1-3-25-22(27-13-15-10-11-26-19-7-5-4-6-18(15)19)28-14-16-12-17(29-2)8-9-20(16)30-21(23)24;/h4-12,21H,3,13-14H2,1-2H3,(H2,25,27,28);1H. The molecule has 2 aromatic carbocycles. The van der Waals surface area contributed by atoms with Crippen molar-refractivity contribution >= 4 is 40.8 Å². The van der Waals surface area contributed by atoms with Gasteiger partial charge in [-0.3, -0.25) is 4.98 Å². The smallest absolute Gasteiger partial charge is 0.387 e. The molecule has 0 aliphatic carbocycles. The Kier molecular flexibility index (Phi) is 9.70. The van der Waals surface area contributed by atoms with E-state index < -0.39 is 6.61 Å². The molecule has 0 radical (unpaired) electrons. The van der Waals surface area contributed by atoms with Crippen molar-refractivity contribution in [2.45, 2.75) is 26.6 Å². The van der Waals surface area contributed by atoms with Crippen LogP contribution < -0.4 is 20.1 Å². The average Bonchev–Trinajstić information content (AvgIpc) is 2.76. The van der Waals surface area contributed by atoms with Crippen molar-refractivity contribution in [3.8, 4) is 11.5 Å². The Hall–Kier alpha value is -2.69. The Morgan fingerprint density at radius 1 is 1.10 bits per heavy atom. The van der Waals surface area contributed by atoms with Crippen LogP contribution >= 0.6 is 24.0 Å². The third-order valence-electron chi connectivity index (χ3n) is 4.42. The number of benzene rings is 2. The largest absolute Gasteiger partial charge is 0.497 e. The number of aliphatic imine (C=N–C) groups is 1. The molecule has 1 heterocycles. The number of halogens is 3. The lowest BCUT2D eigenvalue weighted by atomic mass is 10.1. The van der Waals surface area contributed by atoms with E-state index in [1.165, 1.54) is 13.2 Å². The zero-order valence-corrected chi connectivity index (χ0v) is 19.6. The van der Waals surface area contributed by atoms with Gasteiger partial charge in [-0.15, -0.1) is 24.0 Å². The molecule has 3 rings (SSSR count). The Morgan fingerprint density at radius 2 is 1.90 bits per heavy atom. The van der Waals surface area contributed by atoms with Crippen LogP contribution in [0.3, 0.4) is 0 Å². The maximum absolute atomic E-state index is 12.7. The van der Waals surface area contributed by atoms with Crippen molar-refractivity contribution in [3.05, 3.63) is 65.9 Å². The van der Waals surface area contributed by atoms with Gasteiger partial charge in [0.15, 0.2) is 5.96 Å².